The molecule has 0 bridgehead atoms. The molecule has 3 N–H and O–H groups in total. The molecular weight excluding hydrogens is 536 g/mol. The van der Waals surface area contributed by atoms with Gasteiger partial charge in [-0.1, -0.05) is 12.1 Å². The van der Waals surface area contributed by atoms with Gasteiger partial charge in [0.15, 0.2) is 0 Å². The van der Waals surface area contributed by atoms with E-state index in [0.717, 1.165) is 25.9 Å². The summed E-state index contributed by atoms with van der Waals surface area (Å²) >= 11 is 0. The Bertz CT molecular complexity index is 697. The standard InChI is InChI=1S/C29H52N2O10/c30-28-3-1-2-4-29(28)41-26-24-39-22-20-37-18-16-35-14-12-33-10-9-32-11-13-34-15-17-36-19-21-38-23-25-40-27-5-7-31-8-6-27/h1-4,27,31H,5-26,30H2. The number of nitrogens with two attached hydrogens (primary N) is 1. The molecule has 0 unspecified atom stereocenters. The molecule has 1 aromatic rings. The number of hydrogen-bond acceptors (Lipinski definition) is 12. The average Bonchev–Trinajstić information content (AvgIpc) is 3.00. The minimum absolute atomic E-state index is 0.373. The van der Waals surface area contributed by atoms with Crippen LogP contribution in [0.25, 0.3) is 0 Å². The van der Waals surface area contributed by atoms with Crippen molar-refractivity contribution in [1.29, 1.82) is 0 Å². The van der Waals surface area contributed by atoms with E-state index < -0.39 is 0 Å². The Morgan fingerprint density at radius 1 is 0.512 bits per heavy atom. The highest BCUT2D eigenvalue weighted by atomic mass is 16.6. The van der Waals surface area contributed by atoms with Crippen molar-refractivity contribution in [2.45, 2.75) is 18.9 Å². The molecule has 1 aromatic carbocycles. The molecule has 2 rings (SSSR count). The van der Waals surface area contributed by atoms with Crippen LogP contribution in [0.3, 0.4) is 0 Å². The summed E-state index contributed by atoms with van der Waals surface area (Å²) in [5, 5.41) is 3.33. The highest BCUT2D eigenvalue weighted by Gasteiger charge is 2.12. The Morgan fingerprint density at radius 3 is 1.29 bits per heavy atom. The van der Waals surface area contributed by atoms with Crippen molar-refractivity contribution < 1.29 is 47.4 Å². The molecule has 1 fully saturated rings. The molecule has 0 radical (unpaired) electrons. The minimum atomic E-state index is 0.373. The summed E-state index contributed by atoms with van der Waals surface area (Å²) in [5.74, 6) is 0.672. The molecule has 41 heavy (non-hydrogen) atoms. The highest BCUT2D eigenvalue weighted by molar-refractivity contribution is 5.51. The topological polar surface area (TPSA) is 130 Å². The fraction of sp³-hybridized carbons (Fsp3) is 0.793. The molecule has 0 atom stereocenters. The van der Waals surface area contributed by atoms with E-state index in [1.165, 1.54) is 0 Å². The second kappa shape index (κ2) is 27.3. The molecule has 1 heterocycles. The molecule has 238 valence electrons. The van der Waals surface area contributed by atoms with E-state index in [9.17, 15) is 0 Å². The molecule has 0 saturated carbocycles. The van der Waals surface area contributed by atoms with Gasteiger partial charge >= 0.3 is 0 Å². The largest absolute Gasteiger partial charge is 0.489 e. The molecule has 1 saturated heterocycles. The summed E-state index contributed by atoms with van der Waals surface area (Å²) in [6.45, 7) is 11.6. The van der Waals surface area contributed by atoms with Gasteiger partial charge in [0.1, 0.15) is 12.4 Å². The Hall–Kier alpha value is -1.58. The molecule has 1 aliphatic rings. The Morgan fingerprint density at radius 2 is 0.878 bits per heavy atom. The van der Waals surface area contributed by atoms with Crippen LogP contribution in [0.15, 0.2) is 24.3 Å². The second-order valence-corrected chi connectivity index (χ2v) is 9.11. The van der Waals surface area contributed by atoms with Crippen LogP contribution in [0.5, 0.6) is 5.75 Å². The maximum absolute atomic E-state index is 5.81. The minimum Gasteiger partial charge on any atom is -0.489 e. The fourth-order valence-corrected chi connectivity index (χ4v) is 3.70. The van der Waals surface area contributed by atoms with E-state index in [-0.39, 0.29) is 0 Å². The predicted molar refractivity (Wildman–Crippen MR) is 155 cm³/mol. The Kier molecular flexibility index (Phi) is 23.7. The number of ether oxygens (including phenoxy) is 10. The van der Waals surface area contributed by atoms with E-state index in [1.54, 1.807) is 6.07 Å². The van der Waals surface area contributed by atoms with Crippen LogP contribution in [0.2, 0.25) is 0 Å². The first kappa shape index (κ1) is 35.6. The van der Waals surface area contributed by atoms with E-state index in [1.807, 2.05) is 18.2 Å². The van der Waals surface area contributed by atoms with Crippen LogP contribution < -0.4 is 15.8 Å². The van der Waals surface area contributed by atoms with Gasteiger partial charge in [0, 0.05) is 0 Å². The van der Waals surface area contributed by atoms with E-state index in [2.05, 4.69) is 5.32 Å². The number of anilines is 1. The lowest BCUT2D eigenvalue weighted by Gasteiger charge is -2.22. The third-order valence-corrected chi connectivity index (χ3v) is 5.88. The second-order valence-electron chi connectivity index (χ2n) is 9.11. The zero-order valence-corrected chi connectivity index (χ0v) is 24.6. The highest BCUT2D eigenvalue weighted by Crippen LogP contribution is 2.19. The zero-order chi connectivity index (χ0) is 28.9. The van der Waals surface area contributed by atoms with Gasteiger partial charge in [0.2, 0.25) is 0 Å². The first-order valence-electron chi connectivity index (χ1n) is 14.8. The van der Waals surface area contributed by atoms with Crippen LogP contribution in [-0.4, -0.2) is 138 Å². The van der Waals surface area contributed by atoms with Crippen molar-refractivity contribution in [3.05, 3.63) is 24.3 Å². The van der Waals surface area contributed by atoms with Crippen LogP contribution in [0.1, 0.15) is 12.8 Å². The molecule has 0 aromatic heterocycles. The van der Waals surface area contributed by atoms with Crippen LogP contribution in [0.4, 0.5) is 5.69 Å². The number of benzene rings is 1. The SMILES string of the molecule is Nc1ccccc1OCCOCCOCCOCCOCCOCCOCCOCCOCCOC1CCNCC1. The maximum atomic E-state index is 5.81. The van der Waals surface area contributed by atoms with Crippen molar-refractivity contribution in [3.63, 3.8) is 0 Å². The smallest absolute Gasteiger partial charge is 0.142 e. The Labute approximate surface area is 245 Å². The summed E-state index contributed by atoms with van der Waals surface area (Å²) < 4.78 is 55.2. The quantitative estimate of drug-likeness (QED) is 0.104. The molecule has 0 spiro atoms. The van der Waals surface area contributed by atoms with Crippen molar-refractivity contribution in [1.82, 2.24) is 5.32 Å². The monoisotopic (exact) mass is 588 g/mol. The lowest BCUT2D eigenvalue weighted by molar-refractivity contribution is -0.0319. The molecular formula is C29H52N2O10. The van der Waals surface area contributed by atoms with Gasteiger partial charge in [-0.3, -0.25) is 0 Å². The fourth-order valence-electron chi connectivity index (χ4n) is 3.70. The predicted octanol–water partition coefficient (Wildman–Crippen LogP) is 1.55. The van der Waals surface area contributed by atoms with Gasteiger partial charge in [-0.2, -0.15) is 0 Å². The summed E-state index contributed by atoms with van der Waals surface area (Å²) in [4.78, 5) is 0. The van der Waals surface area contributed by atoms with Crippen molar-refractivity contribution in [2.75, 3.05) is 138 Å². The number of nitrogen functional groups attached to an aromatic ring is 1. The summed E-state index contributed by atoms with van der Waals surface area (Å²) in [5.41, 5.74) is 6.44. The lowest BCUT2D eigenvalue weighted by Crippen LogP contribution is -2.33. The number of rotatable bonds is 29. The Balaban J connectivity index is 1.16. The molecule has 12 heteroatoms. The number of nitrogens with one attached hydrogen (secondary N) is 1. The first-order chi connectivity index (χ1) is 20.4. The van der Waals surface area contributed by atoms with Gasteiger partial charge in [0.25, 0.3) is 0 Å². The van der Waals surface area contributed by atoms with Crippen molar-refractivity contribution in [2.24, 2.45) is 0 Å². The summed E-state index contributed by atoms with van der Waals surface area (Å²) in [6, 6.07) is 7.39. The average molecular weight is 589 g/mol. The third-order valence-electron chi connectivity index (χ3n) is 5.88. The molecule has 12 nitrogen and oxygen atoms in total. The van der Waals surface area contributed by atoms with E-state index >= 15 is 0 Å². The third kappa shape index (κ3) is 21.7. The number of hydrogen-bond donors (Lipinski definition) is 2. The summed E-state index contributed by atoms with van der Waals surface area (Å²) in [7, 11) is 0. The normalized spacial score (nSPS) is 14.0. The lowest BCUT2D eigenvalue weighted by atomic mass is 10.1. The van der Waals surface area contributed by atoms with Gasteiger partial charge in [-0.15, -0.1) is 0 Å². The van der Waals surface area contributed by atoms with Crippen LogP contribution in [0, 0.1) is 0 Å². The van der Waals surface area contributed by atoms with Gasteiger partial charge in [-0.05, 0) is 38.1 Å². The van der Waals surface area contributed by atoms with Gasteiger partial charge in [0.05, 0.1) is 124 Å². The van der Waals surface area contributed by atoms with Crippen molar-refractivity contribution >= 4 is 5.69 Å². The molecule has 1 aliphatic heterocycles. The number of piperidine rings is 1. The van der Waals surface area contributed by atoms with E-state index in [4.69, 9.17) is 53.1 Å². The zero-order valence-electron chi connectivity index (χ0n) is 24.6. The van der Waals surface area contributed by atoms with Crippen molar-refractivity contribution in [3.8, 4) is 5.75 Å². The summed E-state index contributed by atoms with van der Waals surface area (Å²) in [6.07, 6.45) is 2.54. The maximum Gasteiger partial charge on any atom is 0.142 e. The van der Waals surface area contributed by atoms with Crippen LogP contribution >= 0.6 is 0 Å². The number of para-hydroxylation sites is 2. The molecule has 0 aliphatic carbocycles. The first-order valence-corrected chi connectivity index (χ1v) is 14.8. The van der Waals surface area contributed by atoms with Gasteiger partial charge in [-0.25, -0.2) is 0 Å². The van der Waals surface area contributed by atoms with E-state index in [0.29, 0.717) is 136 Å². The molecule has 0 amide bonds. The van der Waals surface area contributed by atoms with Gasteiger partial charge < -0.3 is 58.4 Å². The van der Waals surface area contributed by atoms with Crippen LogP contribution in [-0.2, 0) is 42.6 Å².